The number of fused-ring (bicyclic) bond motifs is 1. The highest BCUT2D eigenvalue weighted by atomic mass is 16.5. The second-order valence-electron chi connectivity index (χ2n) is 6.90. The molecule has 4 rings (SSSR count). The van der Waals surface area contributed by atoms with E-state index in [4.69, 9.17) is 9.72 Å². The summed E-state index contributed by atoms with van der Waals surface area (Å²) in [5.74, 6) is 0.869. The Morgan fingerprint density at radius 3 is 2.77 bits per heavy atom. The topological polar surface area (TPSA) is 41.8 Å². The highest BCUT2D eigenvalue weighted by molar-refractivity contribution is 5.68. The SMILES string of the molecule is COc1ccc(-c2nc3c(C)cccn3c2CN2CCCNCC2)cc1. The molecule has 136 valence electrons. The van der Waals surface area contributed by atoms with Crippen molar-refractivity contribution in [2.24, 2.45) is 0 Å². The van der Waals surface area contributed by atoms with Crippen LogP contribution in [0.4, 0.5) is 0 Å². The Labute approximate surface area is 154 Å². The van der Waals surface area contributed by atoms with Crippen LogP contribution in [0.1, 0.15) is 17.7 Å². The molecule has 2 aromatic heterocycles. The Kier molecular flexibility index (Phi) is 4.91. The molecule has 0 bridgehead atoms. The molecular formula is C21H26N4O. The second kappa shape index (κ2) is 7.48. The van der Waals surface area contributed by atoms with Crippen LogP contribution in [-0.4, -0.2) is 47.6 Å². The summed E-state index contributed by atoms with van der Waals surface area (Å²) in [6.07, 6.45) is 3.32. The van der Waals surface area contributed by atoms with Crippen molar-refractivity contribution in [3.05, 3.63) is 53.9 Å². The van der Waals surface area contributed by atoms with Gasteiger partial charge in [-0.1, -0.05) is 6.07 Å². The third kappa shape index (κ3) is 3.32. The van der Waals surface area contributed by atoms with Crippen molar-refractivity contribution in [3.63, 3.8) is 0 Å². The predicted molar refractivity (Wildman–Crippen MR) is 105 cm³/mol. The minimum Gasteiger partial charge on any atom is -0.497 e. The Balaban J connectivity index is 1.78. The average molecular weight is 350 g/mol. The Bertz CT molecular complexity index is 877. The predicted octanol–water partition coefficient (Wildman–Crippen LogP) is 3.11. The maximum Gasteiger partial charge on any atom is 0.140 e. The second-order valence-corrected chi connectivity index (χ2v) is 6.90. The van der Waals surface area contributed by atoms with Crippen molar-refractivity contribution < 1.29 is 4.74 Å². The zero-order chi connectivity index (χ0) is 17.9. The summed E-state index contributed by atoms with van der Waals surface area (Å²) in [6.45, 7) is 7.38. The van der Waals surface area contributed by atoms with Gasteiger partial charge in [-0.05, 0) is 62.3 Å². The molecule has 0 radical (unpaired) electrons. The van der Waals surface area contributed by atoms with Gasteiger partial charge < -0.3 is 14.5 Å². The molecular weight excluding hydrogens is 324 g/mol. The van der Waals surface area contributed by atoms with E-state index in [2.05, 4.69) is 52.0 Å². The van der Waals surface area contributed by atoms with Crippen molar-refractivity contribution in [1.29, 1.82) is 0 Å². The molecule has 0 atom stereocenters. The van der Waals surface area contributed by atoms with Crippen molar-refractivity contribution in [2.75, 3.05) is 33.3 Å². The first-order valence-corrected chi connectivity index (χ1v) is 9.30. The molecule has 0 unspecified atom stereocenters. The van der Waals surface area contributed by atoms with Crippen LogP contribution in [0.15, 0.2) is 42.6 Å². The summed E-state index contributed by atoms with van der Waals surface area (Å²) in [5.41, 5.74) is 5.71. The van der Waals surface area contributed by atoms with E-state index in [0.717, 1.165) is 55.4 Å². The van der Waals surface area contributed by atoms with Gasteiger partial charge in [0.25, 0.3) is 0 Å². The van der Waals surface area contributed by atoms with E-state index >= 15 is 0 Å². The monoisotopic (exact) mass is 350 g/mol. The maximum absolute atomic E-state index is 5.31. The van der Waals surface area contributed by atoms with Crippen molar-refractivity contribution in [3.8, 4) is 17.0 Å². The van der Waals surface area contributed by atoms with Gasteiger partial charge in [-0.25, -0.2) is 4.98 Å². The number of aryl methyl sites for hydroxylation is 1. The van der Waals surface area contributed by atoms with Gasteiger partial charge in [0.2, 0.25) is 0 Å². The van der Waals surface area contributed by atoms with Crippen LogP contribution in [0.5, 0.6) is 5.75 Å². The van der Waals surface area contributed by atoms with Gasteiger partial charge in [0.15, 0.2) is 0 Å². The van der Waals surface area contributed by atoms with Crippen LogP contribution in [0.25, 0.3) is 16.9 Å². The fraction of sp³-hybridized carbons (Fsp3) is 0.381. The van der Waals surface area contributed by atoms with E-state index < -0.39 is 0 Å². The number of hydrogen-bond donors (Lipinski definition) is 1. The van der Waals surface area contributed by atoms with E-state index in [1.807, 2.05) is 12.1 Å². The van der Waals surface area contributed by atoms with Gasteiger partial charge >= 0.3 is 0 Å². The Hall–Kier alpha value is -2.37. The molecule has 0 saturated carbocycles. The normalized spacial score (nSPS) is 15.9. The summed E-state index contributed by atoms with van der Waals surface area (Å²) in [7, 11) is 1.70. The summed E-state index contributed by atoms with van der Waals surface area (Å²) in [4.78, 5) is 7.53. The number of nitrogens with one attached hydrogen (secondary N) is 1. The number of aromatic nitrogens is 2. The smallest absolute Gasteiger partial charge is 0.140 e. The first-order valence-electron chi connectivity index (χ1n) is 9.30. The van der Waals surface area contributed by atoms with Gasteiger partial charge in [0, 0.05) is 31.4 Å². The highest BCUT2D eigenvalue weighted by Gasteiger charge is 2.18. The molecule has 1 aliphatic rings. The van der Waals surface area contributed by atoms with Gasteiger partial charge in [0.1, 0.15) is 11.4 Å². The lowest BCUT2D eigenvalue weighted by atomic mass is 10.1. The van der Waals surface area contributed by atoms with E-state index in [9.17, 15) is 0 Å². The van der Waals surface area contributed by atoms with Crippen LogP contribution in [-0.2, 0) is 6.54 Å². The van der Waals surface area contributed by atoms with E-state index in [1.165, 1.54) is 17.7 Å². The average Bonchev–Trinajstić information content (AvgIpc) is 2.85. The van der Waals surface area contributed by atoms with Crippen molar-refractivity contribution in [1.82, 2.24) is 19.6 Å². The van der Waals surface area contributed by atoms with E-state index in [0.29, 0.717) is 0 Å². The lowest BCUT2D eigenvalue weighted by Crippen LogP contribution is -2.28. The van der Waals surface area contributed by atoms with E-state index in [1.54, 1.807) is 7.11 Å². The number of imidazole rings is 1. The maximum atomic E-state index is 5.31. The largest absolute Gasteiger partial charge is 0.497 e. The molecule has 5 nitrogen and oxygen atoms in total. The molecule has 1 N–H and O–H groups in total. The number of benzene rings is 1. The Morgan fingerprint density at radius 1 is 1.12 bits per heavy atom. The number of ether oxygens (including phenoxy) is 1. The number of methoxy groups -OCH3 is 1. The molecule has 5 heteroatoms. The van der Waals surface area contributed by atoms with Gasteiger partial charge in [-0.2, -0.15) is 0 Å². The molecule has 0 aliphatic carbocycles. The minimum absolute atomic E-state index is 0.869. The molecule has 3 heterocycles. The molecule has 3 aromatic rings. The first-order chi connectivity index (χ1) is 12.8. The summed E-state index contributed by atoms with van der Waals surface area (Å²) < 4.78 is 7.57. The van der Waals surface area contributed by atoms with Crippen LogP contribution < -0.4 is 10.1 Å². The van der Waals surface area contributed by atoms with Gasteiger partial charge in [0.05, 0.1) is 18.5 Å². The van der Waals surface area contributed by atoms with Gasteiger partial charge in [-0.15, -0.1) is 0 Å². The number of pyridine rings is 1. The fourth-order valence-electron chi connectivity index (χ4n) is 3.66. The quantitative estimate of drug-likeness (QED) is 0.785. The van der Waals surface area contributed by atoms with Crippen molar-refractivity contribution >= 4 is 5.65 Å². The van der Waals surface area contributed by atoms with Crippen molar-refractivity contribution in [2.45, 2.75) is 19.9 Å². The minimum atomic E-state index is 0.869. The summed E-state index contributed by atoms with van der Waals surface area (Å²) in [6, 6.07) is 12.4. The zero-order valence-corrected chi connectivity index (χ0v) is 15.5. The van der Waals surface area contributed by atoms with E-state index in [-0.39, 0.29) is 0 Å². The zero-order valence-electron chi connectivity index (χ0n) is 15.5. The molecule has 26 heavy (non-hydrogen) atoms. The standard InChI is InChI=1S/C21H26N4O/c1-16-5-3-13-25-19(15-24-12-4-10-22-11-14-24)20(23-21(16)25)17-6-8-18(26-2)9-7-17/h3,5-9,13,22H,4,10-12,14-15H2,1-2H3. The van der Waals surface area contributed by atoms with Crippen LogP contribution in [0.2, 0.25) is 0 Å². The first kappa shape index (κ1) is 17.1. The molecule has 1 fully saturated rings. The summed E-state index contributed by atoms with van der Waals surface area (Å²) >= 11 is 0. The molecule has 0 amide bonds. The molecule has 1 aliphatic heterocycles. The van der Waals surface area contributed by atoms with Crippen LogP contribution in [0, 0.1) is 6.92 Å². The van der Waals surface area contributed by atoms with Gasteiger partial charge in [-0.3, -0.25) is 4.90 Å². The lowest BCUT2D eigenvalue weighted by Gasteiger charge is -2.20. The number of nitrogens with zero attached hydrogens (tertiary/aromatic N) is 3. The third-order valence-corrected chi connectivity index (χ3v) is 5.11. The molecule has 1 aromatic carbocycles. The molecule has 1 saturated heterocycles. The third-order valence-electron chi connectivity index (χ3n) is 5.11. The number of rotatable bonds is 4. The highest BCUT2D eigenvalue weighted by Crippen LogP contribution is 2.28. The van der Waals surface area contributed by atoms with Crippen LogP contribution >= 0.6 is 0 Å². The van der Waals surface area contributed by atoms with Crippen LogP contribution in [0.3, 0.4) is 0 Å². The fourth-order valence-corrected chi connectivity index (χ4v) is 3.66. The number of hydrogen-bond acceptors (Lipinski definition) is 4. The lowest BCUT2D eigenvalue weighted by molar-refractivity contribution is 0.281. The molecule has 0 spiro atoms. The Morgan fingerprint density at radius 2 is 1.96 bits per heavy atom. The summed E-state index contributed by atoms with van der Waals surface area (Å²) in [5, 5.41) is 3.48.